The molecule has 2 aliphatic rings. The Bertz CT molecular complexity index is 305. The largest absolute Gasteiger partial charge is 0.730 e. The van der Waals surface area contributed by atoms with E-state index >= 15 is 0 Å². The fourth-order valence-corrected chi connectivity index (χ4v) is 2.09. The van der Waals surface area contributed by atoms with Crippen LogP contribution in [-0.4, -0.2) is 94.1 Å². The molecule has 6 N–H and O–H groups in total. The summed E-state index contributed by atoms with van der Waals surface area (Å²) in [4.78, 5) is 0. The summed E-state index contributed by atoms with van der Waals surface area (Å²) in [5, 5.41) is 46.3. The van der Waals surface area contributed by atoms with Crippen molar-refractivity contribution in [3.63, 3.8) is 0 Å². The van der Waals surface area contributed by atoms with Gasteiger partial charge in [-0.15, -0.1) is 0 Å². The van der Waals surface area contributed by atoms with Crippen molar-refractivity contribution >= 4 is 6.96 Å². The molecule has 0 saturated carbocycles. The summed E-state index contributed by atoms with van der Waals surface area (Å²) in [5.74, 6) is 0. The third kappa shape index (κ3) is 3.07. The first kappa shape index (κ1) is 15.1. The van der Waals surface area contributed by atoms with E-state index in [4.69, 9.17) is 24.2 Å². The minimum Gasteiger partial charge on any atom is -0.599 e. The normalized spacial score (nSPS) is 39.6. The van der Waals surface area contributed by atoms with Gasteiger partial charge in [0.15, 0.2) is 6.10 Å². The lowest BCUT2D eigenvalue weighted by Gasteiger charge is -2.28. The third-order valence-corrected chi connectivity index (χ3v) is 3.23. The SMILES string of the molecule is OCC1CO[B-]2(OCC(C(O)C(O)C(O)CO)O2)[OH+]1. The van der Waals surface area contributed by atoms with E-state index in [1.54, 1.807) is 0 Å². The molecule has 9 nitrogen and oxygen atoms in total. The molecule has 2 saturated heterocycles. The first-order valence-corrected chi connectivity index (χ1v) is 6.08. The van der Waals surface area contributed by atoms with Crippen LogP contribution in [0.3, 0.4) is 0 Å². The lowest BCUT2D eigenvalue weighted by atomic mass is 10.0. The van der Waals surface area contributed by atoms with Crippen molar-refractivity contribution in [3.8, 4) is 0 Å². The zero-order valence-electron chi connectivity index (χ0n) is 10.2. The monoisotopic (exact) mass is 282 g/mol. The molecule has 0 aromatic heterocycles. The Balaban J connectivity index is 1.91. The highest BCUT2D eigenvalue weighted by Gasteiger charge is 2.57. The summed E-state index contributed by atoms with van der Waals surface area (Å²) < 4.78 is 19.9. The maximum atomic E-state index is 9.82. The molecule has 2 heterocycles. The molecule has 1 spiro atoms. The molecule has 0 radical (unpaired) electrons. The van der Waals surface area contributed by atoms with E-state index in [0.717, 1.165) is 0 Å². The lowest BCUT2D eigenvalue weighted by molar-refractivity contribution is -0.114. The minimum absolute atomic E-state index is 0.0714. The molecular formula is C9H19BO9. The Kier molecular flexibility index (Phi) is 4.77. The predicted octanol–water partition coefficient (Wildman–Crippen LogP) is -4.17. The highest BCUT2D eigenvalue weighted by atomic mass is 16.9. The summed E-state index contributed by atoms with van der Waals surface area (Å²) >= 11 is 0. The number of hydrogen-bond acceptors (Lipinski definition) is 8. The zero-order valence-corrected chi connectivity index (χ0v) is 10.2. The molecule has 0 aromatic rings. The first-order chi connectivity index (χ1) is 9.01. The molecule has 6 unspecified atom stereocenters. The predicted molar refractivity (Wildman–Crippen MR) is 60.7 cm³/mol. The maximum absolute atomic E-state index is 9.82. The van der Waals surface area contributed by atoms with Crippen LogP contribution < -0.4 is 0 Å². The number of aliphatic hydroxyl groups excluding tert-OH is 5. The molecule has 6 atom stereocenters. The highest BCUT2D eigenvalue weighted by Crippen LogP contribution is 2.28. The minimum atomic E-state index is -2.36. The fraction of sp³-hybridized carbons (Fsp3) is 1.00. The standard InChI is InChI=1S/C9H19BO9/c11-1-5-3-16-10(18-5)17-4-7(19-10)9(15)8(14)6(13)2-12/h5-9,11-15,18H,1-4H2. The Morgan fingerprint density at radius 2 is 1.84 bits per heavy atom. The van der Waals surface area contributed by atoms with Gasteiger partial charge in [0.1, 0.15) is 24.9 Å². The second-order valence-electron chi connectivity index (χ2n) is 4.66. The van der Waals surface area contributed by atoms with Crippen LogP contribution in [0.15, 0.2) is 0 Å². The molecule has 19 heavy (non-hydrogen) atoms. The van der Waals surface area contributed by atoms with E-state index in [-0.39, 0.29) is 19.8 Å². The average molecular weight is 282 g/mol. The summed E-state index contributed by atoms with van der Waals surface area (Å²) in [6.07, 6.45) is -5.87. The molecule has 112 valence electrons. The van der Waals surface area contributed by atoms with Crippen LogP contribution in [0.25, 0.3) is 0 Å². The first-order valence-electron chi connectivity index (χ1n) is 6.08. The van der Waals surface area contributed by atoms with Gasteiger partial charge >= 0.3 is 6.96 Å². The van der Waals surface area contributed by atoms with Gasteiger partial charge in [-0.1, -0.05) is 0 Å². The van der Waals surface area contributed by atoms with Crippen molar-refractivity contribution in [3.05, 3.63) is 0 Å². The van der Waals surface area contributed by atoms with Crippen LogP contribution in [0, 0.1) is 0 Å². The van der Waals surface area contributed by atoms with Gasteiger partial charge in [-0.3, -0.25) is 0 Å². The van der Waals surface area contributed by atoms with E-state index in [1.165, 1.54) is 0 Å². The summed E-state index contributed by atoms with van der Waals surface area (Å²) in [6, 6.07) is 0. The third-order valence-electron chi connectivity index (χ3n) is 3.23. The Labute approximate surface area is 109 Å². The van der Waals surface area contributed by atoms with Gasteiger partial charge in [-0.2, -0.15) is 0 Å². The van der Waals surface area contributed by atoms with Crippen LogP contribution in [0.4, 0.5) is 0 Å². The van der Waals surface area contributed by atoms with Gasteiger partial charge in [0, 0.05) is 6.61 Å². The Morgan fingerprint density at radius 1 is 1.16 bits per heavy atom. The Morgan fingerprint density at radius 3 is 2.42 bits per heavy atom. The van der Waals surface area contributed by atoms with Gasteiger partial charge in [-0.05, 0) is 0 Å². The van der Waals surface area contributed by atoms with Gasteiger partial charge < -0.3 is 44.2 Å². The molecule has 0 aromatic carbocycles. The molecule has 2 rings (SSSR count). The second kappa shape index (κ2) is 6.00. The van der Waals surface area contributed by atoms with Crippen LogP contribution in [0.1, 0.15) is 0 Å². The van der Waals surface area contributed by atoms with E-state index in [0.29, 0.717) is 0 Å². The Hall–Kier alpha value is -0.295. The van der Waals surface area contributed by atoms with E-state index in [9.17, 15) is 15.3 Å². The zero-order chi connectivity index (χ0) is 14.0. The van der Waals surface area contributed by atoms with Crippen LogP contribution in [-0.2, 0) is 14.0 Å². The van der Waals surface area contributed by atoms with Crippen molar-refractivity contribution < 1.29 is 44.2 Å². The van der Waals surface area contributed by atoms with E-state index in [2.05, 4.69) is 4.65 Å². The summed E-state index contributed by atoms with van der Waals surface area (Å²) in [7, 11) is 0. The van der Waals surface area contributed by atoms with Crippen molar-refractivity contribution in [2.75, 3.05) is 26.4 Å². The van der Waals surface area contributed by atoms with Crippen molar-refractivity contribution in [1.29, 1.82) is 0 Å². The van der Waals surface area contributed by atoms with Gasteiger partial charge in [0.2, 0.25) is 0 Å². The van der Waals surface area contributed by atoms with Crippen molar-refractivity contribution in [1.82, 2.24) is 0 Å². The maximum Gasteiger partial charge on any atom is 0.730 e. The van der Waals surface area contributed by atoms with Crippen LogP contribution in [0.2, 0.25) is 0 Å². The summed E-state index contributed by atoms with van der Waals surface area (Å²) in [5.41, 5.74) is 0. The van der Waals surface area contributed by atoms with E-state index < -0.39 is 44.1 Å². The molecule has 0 bridgehead atoms. The molecular weight excluding hydrogens is 263 g/mol. The molecule has 2 fully saturated rings. The number of aliphatic hydroxyl groups is 6. The van der Waals surface area contributed by atoms with Crippen molar-refractivity contribution in [2.24, 2.45) is 0 Å². The smallest absolute Gasteiger partial charge is 0.599 e. The van der Waals surface area contributed by atoms with Gasteiger partial charge in [0.05, 0.1) is 19.3 Å². The van der Waals surface area contributed by atoms with E-state index in [1.807, 2.05) is 0 Å². The molecule has 0 aliphatic carbocycles. The average Bonchev–Trinajstić information content (AvgIpc) is 3.04. The fourth-order valence-electron chi connectivity index (χ4n) is 2.09. The second-order valence-corrected chi connectivity index (χ2v) is 4.66. The lowest BCUT2D eigenvalue weighted by Crippen LogP contribution is -2.49. The van der Waals surface area contributed by atoms with Crippen LogP contribution >= 0.6 is 0 Å². The number of rotatable bonds is 5. The quantitative estimate of drug-likeness (QED) is 0.252. The van der Waals surface area contributed by atoms with Gasteiger partial charge in [0.25, 0.3) is 0 Å². The summed E-state index contributed by atoms with van der Waals surface area (Å²) in [6.45, 7) is -3.17. The number of hydrogen-bond donors (Lipinski definition) is 5. The molecule has 10 heteroatoms. The topological polar surface area (TPSA) is 142 Å². The van der Waals surface area contributed by atoms with Crippen LogP contribution in [0.5, 0.6) is 0 Å². The van der Waals surface area contributed by atoms with Crippen molar-refractivity contribution in [2.45, 2.75) is 30.5 Å². The highest BCUT2D eigenvalue weighted by molar-refractivity contribution is 6.53. The molecule has 0 amide bonds. The molecule has 2 aliphatic heterocycles. The van der Waals surface area contributed by atoms with Gasteiger partial charge in [-0.25, -0.2) is 0 Å².